The molecule has 1 fully saturated rings. The van der Waals surface area contributed by atoms with Crippen LogP contribution in [0, 0.1) is 17.2 Å². The zero-order chi connectivity index (χ0) is 13.0. The lowest BCUT2D eigenvalue weighted by molar-refractivity contribution is 0.205. The molecule has 0 aliphatic heterocycles. The Kier molecular flexibility index (Phi) is 4.60. The Morgan fingerprint density at radius 1 is 1.44 bits per heavy atom. The highest BCUT2D eigenvalue weighted by molar-refractivity contribution is 6.31. The lowest BCUT2D eigenvalue weighted by Gasteiger charge is -2.19. The molecule has 1 aromatic carbocycles. The molecule has 0 heterocycles. The molecule has 1 aromatic rings. The van der Waals surface area contributed by atoms with E-state index in [0.29, 0.717) is 29.1 Å². The molecular weight excluding hydrogens is 248 g/mol. The Balaban J connectivity index is 1.96. The third-order valence-corrected chi connectivity index (χ3v) is 3.98. The van der Waals surface area contributed by atoms with Gasteiger partial charge >= 0.3 is 0 Å². The van der Waals surface area contributed by atoms with Crippen molar-refractivity contribution in [2.45, 2.75) is 31.8 Å². The molecule has 1 saturated carbocycles. The van der Waals surface area contributed by atoms with Crippen LogP contribution in [-0.2, 0) is 6.54 Å². The van der Waals surface area contributed by atoms with E-state index in [1.54, 1.807) is 12.1 Å². The standard InChI is InChI=1S/C14H17ClN2O/c15-13-6-10(7-16)4-5-11(13)8-17-14-3-1-2-12(14)9-18/h4-6,12,14,17-18H,1-3,8-9H2. The fourth-order valence-corrected chi connectivity index (χ4v) is 2.77. The lowest BCUT2D eigenvalue weighted by Crippen LogP contribution is -2.33. The van der Waals surface area contributed by atoms with Crippen LogP contribution in [0.4, 0.5) is 0 Å². The van der Waals surface area contributed by atoms with E-state index in [0.717, 1.165) is 18.4 Å². The van der Waals surface area contributed by atoms with Gasteiger partial charge in [-0.3, -0.25) is 0 Å². The third kappa shape index (κ3) is 3.02. The minimum absolute atomic E-state index is 0.249. The van der Waals surface area contributed by atoms with E-state index in [4.69, 9.17) is 16.9 Å². The van der Waals surface area contributed by atoms with Crippen LogP contribution in [0.25, 0.3) is 0 Å². The molecule has 1 aliphatic carbocycles. The van der Waals surface area contributed by atoms with Crippen molar-refractivity contribution in [1.29, 1.82) is 5.26 Å². The molecule has 2 atom stereocenters. The van der Waals surface area contributed by atoms with Crippen molar-refractivity contribution in [3.63, 3.8) is 0 Å². The maximum absolute atomic E-state index is 9.25. The molecule has 0 radical (unpaired) electrons. The number of nitrogens with one attached hydrogen (secondary N) is 1. The summed E-state index contributed by atoms with van der Waals surface area (Å²) in [7, 11) is 0. The van der Waals surface area contributed by atoms with Crippen molar-refractivity contribution in [2.24, 2.45) is 5.92 Å². The van der Waals surface area contributed by atoms with Crippen molar-refractivity contribution in [2.75, 3.05) is 6.61 Å². The van der Waals surface area contributed by atoms with Crippen LogP contribution >= 0.6 is 11.6 Å². The summed E-state index contributed by atoms with van der Waals surface area (Å²) in [6, 6.07) is 7.80. The molecule has 18 heavy (non-hydrogen) atoms. The van der Waals surface area contributed by atoms with Gasteiger partial charge in [-0.2, -0.15) is 5.26 Å². The Morgan fingerprint density at radius 2 is 2.28 bits per heavy atom. The van der Waals surface area contributed by atoms with Gasteiger partial charge in [0, 0.05) is 24.2 Å². The summed E-state index contributed by atoms with van der Waals surface area (Å²) >= 11 is 6.12. The molecule has 3 nitrogen and oxygen atoms in total. The number of halogens is 1. The fraction of sp³-hybridized carbons (Fsp3) is 0.500. The summed E-state index contributed by atoms with van der Waals surface area (Å²) in [5.74, 6) is 0.363. The van der Waals surface area contributed by atoms with Crippen LogP contribution in [0.5, 0.6) is 0 Å². The van der Waals surface area contributed by atoms with Gasteiger partial charge in [0.25, 0.3) is 0 Å². The van der Waals surface area contributed by atoms with E-state index in [9.17, 15) is 5.11 Å². The number of rotatable bonds is 4. The summed E-state index contributed by atoms with van der Waals surface area (Å²) in [6.45, 7) is 0.935. The summed E-state index contributed by atoms with van der Waals surface area (Å²) in [4.78, 5) is 0. The second-order valence-electron chi connectivity index (χ2n) is 4.78. The quantitative estimate of drug-likeness (QED) is 0.878. The summed E-state index contributed by atoms with van der Waals surface area (Å²) in [5, 5.41) is 22.1. The Bertz CT molecular complexity index is 456. The average molecular weight is 265 g/mol. The highest BCUT2D eigenvalue weighted by Gasteiger charge is 2.25. The van der Waals surface area contributed by atoms with Gasteiger partial charge in [0.1, 0.15) is 0 Å². The number of nitriles is 1. The van der Waals surface area contributed by atoms with Gasteiger partial charge in [0.15, 0.2) is 0 Å². The topological polar surface area (TPSA) is 56.0 Å². The highest BCUT2D eigenvalue weighted by Crippen LogP contribution is 2.26. The third-order valence-electron chi connectivity index (χ3n) is 3.63. The van der Waals surface area contributed by atoms with E-state index in [-0.39, 0.29) is 6.61 Å². The monoisotopic (exact) mass is 264 g/mol. The van der Waals surface area contributed by atoms with Crippen molar-refractivity contribution >= 4 is 11.6 Å². The molecule has 0 saturated heterocycles. The van der Waals surface area contributed by atoms with Gasteiger partial charge < -0.3 is 10.4 Å². The Morgan fingerprint density at radius 3 is 2.94 bits per heavy atom. The lowest BCUT2D eigenvalue weighted by atomic mass is 10.0. The van der Waals surface area contributed by atoms with Crippen LogP contribution < -0.4 is 5.32 Å². The van der Waals surface area contributed by atoms with Crippen LogP contribution in [0.15, 0.2) is 18.2 Å². The second kappa shape index (κ2) is 6.19. The molecule has 0 aromatic heterocycles. The number of hydrogen-bond acceptors (Lipinski definition) is 3. The SMILES string of the molecule is N#Cc1ccc(CNC2CCCC2CO)c(Cl)c1. The number of nitrogens with zero attached hydrogens (tertiary/aromatic N) is 1. The summed E-state index contributed by atoms with van der Waals surface area (Å²) in [5.41, 5.74) is 1.58. The average Bonchev–Trinajstić information content (AvgIpc) is 2.84. The van der Waals surface area contributed by atoms with E-state index in [1.807, 2.05) is 6.07 Å². The predicted octanol–water partition coefficient (Wildman–Crippen LogP) is 2.46. The zero-order valence-corrected chi connectivity index (χ0v) is 11.0. The molecule has 2 unspecified atom stereocenters. The van der Waals surface area contributed by atoms with Gasteiger partial charge in [-0.05, 0) is 36.5 Å². The first-order chi connectivity index (χ1) is 8.74. The number of aliphatic hydroxyl groups excluding tert-OH is 1. The minimum atomic E-state index is 0.249. The maximum atomic E-state index is 9.25. The number of hydrogen-bond donors (Lipinski definition) is 2. The minimum Gasteiger partial charge on any atom is -0.396 e. The van der Waals surface area contributed by atoms with E-state index in [1.165, 1.54) is 6.42 Å². The normalized spacial score (nSPS) is 22.9. The van der Waals surface area contributed by atoms with Gasteiger partial charge in [-0.15, -0.1) is 0 Å². The zero-order valence-electron chi connectivity index (χ0n) is 10.2. The van der Waals surface area contributed by atoms with Crippen LogP contribution in [0.1, 0.15) is 30.4 Å². The van der Waals surface area contributed by atoms with Crippen molar-refractivity contribution in [3.8, 4) is 6.07 Å². The van der Waals surface area contributed by atoms with Crippen LogP contribution in [0.3, 0.4) is 0 Å². The van der Waals surface area contributed by atoms with Gasteiger partial charge in [0.2, 0.25) is 0 Å². The molecule has 4 heteroatoms. The number of benzene rings is 1. The van der Waals surface area contributed by atoms with E-state index >= 15 is 0 Å². The van der Waals surface area contributed by atoms with Crippen LogP contribution in [-0.4, -0.2) is 17.8 Å². The second-order valence-corrected chi connectivity index (χ2v) is 5.19. The largest absolute Gasteiger partial charge is 0.396 e. The Hall–Kier alpha value is -1.08. The van der Waals surface area contributed by atoms with E-state index in [2.05, 4.69) is 11.4 Å². The molecule has 0 bridgehead atoms. The molecular formula is C14H17ClN2O. The smallest absolute Gasteiger partial charge is 0.0992 e. The number of aliphatic hydroxyl groups is 1. The fourth-order valence-electron chi connectivity index (χ4n) is 2.53. The molecule has 2 rings (SSSR count). The molecule has 2 N–H and O–H groups in total. The van der Waals surface area contributed by atoms with Crippen molar-refractivity contribution < 1.29 is 5.11 Å². The first-order valence-electron chi connectivity index (χ1n) is 6.27. The van der Waals surface area contributed by atoms with E-state index < -0.39 is 0 Å². The molecule has 1 aliphatic rings. The Labute approximate surface area is 112 Å². The molecule has 0 spiro atoms. The van der Waals surface area contributed by atoms with Crippen LogP contribution in [0.2, 0.25) is 5.02 Å². The predicted molar refractivity (Wildman–Crippen MR) is 71.2 cm³/mol. The first-order valence-corrected chi connectivity index (χ1v) is 6.65. The van der Waals surface area contributed by atoms with Gasteiger partial charge in [-0.25, -0.2) is 0 Å². The van der Waals surface area contributed by atoms with Gasteiger partial charge in [-0.1, -0.05) is 24.1 Å². The maximum Gasteiger partial charge on any atom is 0.0992 e. The summed E-state index contributed by atoms with van der Waals surface area (Å²) in [6.07, 6.45) is 3.37. The van der Waals surface area contributed by atoms with Crippen molar-refractivity contribution in [3.05, 3.63) is 34.3 Å². The summed E-state index contributed by atoms with van der Waals surface area (Å²) < 4.78 is 0. The first kappa shape index (κ1) is 13.4. The highest BCUT2D eigenvalue weighted by atomic mass is 35.5. The van der Waals surface area contributed by atoms with Gasteiger partial charge in [0.05, 0.1) is 11.6 Å². The molecule has 96 valence electrons. The molecule has 0 amide bonds. The van der Waals surface area contributed by atoms with Crippen molar-refractivity contribution in [1.82, 2.24) is 5.32 Å².